The van der Waals surface area contributed by atoms with Crippen molar-refractivity contribution in [1.29, 1.82) is 0 Å². The predicted molar refractivity (Wildman–Crippen MR) is 79.8 cm³/mol. The summed E-state index contributed by atoms with van der Waals surface area (Å²) in [6, 6.07) is 11.7. The second-order valence-electron chi connectivity index (χ2n) is 4.50. The van der Waals surface area contributed by atoms with Gasteiger partial charge in [0.25, 0.3) is 0 Å². The Morgan fingerprint density at radius 2 is 2.00 bits per heavy atom. The Kier molecular flexibility index (Phi) is 4.90. The second kappa shape index (κ2) is 6.86. The molecule has 0 spiro atoms. The number of benzene rings is 1. The molecule has 5 heteroatoms. The van der Waals surface area contributed by atoms with Gasteiger partial charge < -0.3 is 15.8 Å². The van der Waals surface area contributed by atoms with E-state index in [2.05, 4.69) is 15.3 Å². The zero-order valence-corrected chi connectivity index (χ0v) is 11.8. The Hall–Kier alpha value is -2.14. The summed E-state index contributed by atoms with van der Waals surface area (Å²) in [6.45, 7) is 4.99. The van der Waals surface area contributed by atoms with Gasteiger partial charge in [0.05, 0.1) is 6.61 Å². The number of nitrogens with zero attached hydrogens (tertiary/aromatic N) is 2. The zero-order chi connectivity index (χ0) is 14.4. The molecular weight excluding hydrogens is 252 g/mol. The van der Waals surface area contributed by atoms with Crippen LogP contribution in [0.25, 0.3) is 0 Å². The summed E-state index contributed by atoms with van der Waals surface area (Å²) < 4.78 is 5.40. The van der Waals surface area contributed by atoms with E-state index in [0.29, 0.717) is 25.0 Å². The van der Waals surface area contributed by atoms with Crippen molar-refractivity contribution in [3.63, 3.8) is 0 Å². The number of aromatic nitrogens is 2. The topological polar surface area (TPSA) is 73.1 Å². The van der Waals surface area contributed by atoms with E-state index >= 15 is 0 Å². The van der Waals surface area contributed by atoms with Gasteiger partial charge in [-0.1, -0.05) is 30.3 Å². The third-order valence-electron chi connectivity index (χ3n) is 2.83. The Morgan fingerprint density at radius 3 is 2.70 bits per heavy atom. The van der Waals surface area contributed by atoms with Crippen molar-refractivity contribution in [3.8, 4) is 5.88 Å². The highest BCUT2D eigenvalue weighted by Crippen LogP contribution is 2.14. The molecule has 2 aromatic rings. The van der Waals surface area contributed by atoms with Gasteiger partial charge in [0, 0.05) is 24.3 Å². The molecule has 0 saturated carbocycles. The van der Waals surface area contributed by atoms with Crippen LogP contribution in [0.15, 0.2) is 36.4 Å². The minimum Gasteiger partial charge on any atom is -0.478 e. The zero-order valence-electron chi connectivity index (χ0n) is 11.8. The van der Waals surface area contributed by atoms with Crippen LogP contribution >= 0.6 is 0 Å². The molecule has 1 unspecified atom stereocenters. The van der Waals surface area contributed by atoms with Gasteiger partial charge >= 0.3 is 0 Å². The van der Waals surface area contributed by atoms with Crippen molar-refractivity contribution in [2.24, 2.45) is 5.73 Å². The number of nitrogens with one attached hydrogen (secondary N) is 1. The normalized spacial score (nSPS) is 11.9. The third-order valence-corrected chi connectivity index (χ3v) is 2.83. The highest BCUT2D eigenvalue weighted by molar-refractivity contribution is 5.31. The van der Waals surface area contributed by atoms with Gasteiger partial charge in [0.2, 0.25) is 11.8 Å². The van der Waals surface area contributed by atoms with Crippen LogP contribution in [-0.2, 0) is 0 Å². The lowest BCUT2D eigenvalue weighted by Gasteiger charge is -2.14. The van der Waals surface area contributed by atoms with Crippen LogP contribution in [0.3, 0.4) is 0 Å². The Bertz CT molecular complexity index is 545. The molecule has 5 nitrogen and oxygen atoms in total. The molecule has 1 aromatic carbocycles. The van der Waals surface area contributed by atoms with Gasteiger partial charge in [-0.15, -0.1) is 0 Å². The molecule has 3 N–H and O–H groups in total. The number of anilines is 1. The van der Waals surface area contributed by atoms with Crippen LogP contribution in [-0.4, -0.2) is 23.1 Å². The van der Waals surface area contributed by atoms with Crippen LogP contribution in [0.5, 0.6) is 5.88 Å². The molecule has 0 aliphatic rings. The Morgan fingerprint density at radius 1 is 1.25 bits per heavy atom. The lowest BCUT2D eigenvalue weighted by molar-refractivity contribution is 0.326. The smallest absolute Gasteiger partial charge is 0.226 e. The molecule has 20 heavy (non-hydrogen) atoms. The molecule has 0 aliphatic heterocycles. The Labute approximate surface area is 119 Å². The molecule has 0 saturated heterocycles. The van der Waals surface area contributed by atoms with Crippen molar-refractivity contribution in [3.05, 3.63) is 47.7 Å². The summed E-state index contributed by atoms with van der Waals surface area (Å²) in [4.78, 5) is 8.61. The van der Waals surface area contributed by atoms with E-state index in [1.807, 2.05) is 50.2 Å². The minimum atomic E-state index is -0.101. The number of hydrogen-bond acceptors (Lipinski definition) is 5. The molecule has 1 atom stereocenters. The van der Waals surface area contributed by atoms with Crippen LogP contribution in [0, 0.1) is 6.92 Å². The van der Waals surface area contributed by atoms with Gasteiger partial charge in [-0.3, -0.25) is 0 Å². The molecule has 0 radical (unpaired) electrons. The molecular formula is C15H20N4O. The predicted octanol–water partition coefficient (Wildman–Crippen LogP) is 2.30. The summed E-state index contributed by atoms with van der Waals surface area (Å²) in [7, 11) is 0. The number of nitrogens with two attached hydrogens (primary N) is 1. The second-order valence-corrected chi connectivity index (χ2v) is 4.50. The summed E-state index contributed by atoms with van der Waals surface area (Å²) in [5, 5.41) is 3.16. The monoisotopic (exact) mass is 272 g/mol. The Balaban J connectivity index is 2.00. The highest BCUT2D eigenvalue weighted by Gasteiger charge is 2.07. The fourth-order valence-corrected chi connectivity index (χ4v) is 1.86. The molecule has 1 heterocycles. The quantitative estimate of drug-likeness (QED) is 0.844. The minimum absolute atomic E-state index is 0.101. The summed E-state index contributed by atoms with van der Waals surface area (Å²) in [5.41, 5.74) is 8.07. The van der Waals surface area contributed by atoms with Crippen LogP contribution in [0.4, 0.5) is 5.95 Å². The first-order valence-corrected chi connectivity index (χ1v) is 6.72. The number of rotatable bonds is 6. The van der Waals surface area contributed by atoms with Crippen LogP contribution in [0.1, 0.15) is 24.2 Å². The fourth-order valence-electron chi connectivity index (χ4n) is 1.86. The maximum absolute atomic E-state index is 6.13. The van der Waals surface area contributed by atoms with E-state index in [1.165, 1.54) is 0 Å². The third kappa shape index (κ3) is 3.93. The summed E-state index contributed by atoms with van der Waals surface area (Å²) in [5.74, 6) is 1.12. The molecule has 0 aliphatic carbocycles. The first-order chi connectivity index (χ1) is 9.69. The van der Waals surface area contributed by atoms with E-state index < -0.39 is 0 Å². The summed E-state index contributed by atoms with van der Waals surface area (Å²) in [6.07, 6.45) is 0. The average Bonchev–Trinajstić information content (AvgIpc) is 2.45. The molecule has 106 valence electrons. The van der Waals surface area contributed by atoms with E-state index in [9.17, 15) is 0 Å². The molecule has 1 aromatic heterocycles. The van der Waals surface area contributed by atoms with Crippen molar-refractivity contribution >= 4 is 5.95 Å². The maximum Gasteiger partial charge on any atom is 0.226 e. The lowest BCUT2D eigenvalue weighted by Crippen LogP contribution is -2.21. The van der Waals surface area contributed by atoms with Crippen LogP contribution < -0.4 is 15.8 Å². The van der Waals surface area contributed by atoms with Crippen LogP contribution in [0.2, 0.25) is 0 Å². The van der Waals surface area contributed by atoms with E-state index in [-0.39, 0.29) is 6.04 Å². The SMILES string of the molecule is CCOc1cc(C)nc(NCC(N)c2ccccc2)n1. The largest absolute Gasteiger partial charge is 0.478 e. The average molecular weight is 272 g/mol. The molecule has 2 rings (SSSR count). The van der Waals surface area contributed by atoms with Gasteiger partial charge in [-0.25, -0.2) is 4.98 Å². The molecule has 0 fully saturated rings. The summed E-state index contributed by atoms with van der Waals surface area (Å²) >= 11 is 0. The standard InChI is InChI=1S/C15H20N4O/c1-3-20-14-9-11(2)18-15(19-14)17-10-13(16)12-7-5-4-6-8-12/h4-9,13H,3,10,16H2,1-2H3,(H,17,18,19). The van der Waals surface area contributed by atoms with Gasteiger partial charge in [0.15, 0.2) is 0 Å². The number of hydrogen-bond donors (Lipinski definition) is 2. The van der Waals surface area contributed by atoms with E-state index in [4.69, 9.17) is 10.5 Å². The maximum atomic E-state index is 6.13. The lowest BCUT2D eigenvalue weighted by atomic mass is 10.1. The first kappa shape index (κ1) is 14.3. The van der Waals surface area contributed by atoms with Gasteiger partial charge in [-0.2, -0.15) is 4.98 Å². The van der Waals surface area contributed by atoms with Crippen molar-refractivity contribution in [2.75, 3.05) is 18.5 Å². The van der Waals surface area contributed by atoms with Gasteiger partial charge in [0.1, 0.15) is 0 Å². The van der Waals surface area contributed by atoms with E-state index in [0.717, 1.165) is 11.3 Å². The van der Waals surface area contributed by atoms with Crippen molar-refractivity contribution < 1.29 is 4.74 Å². The van der Waals surface area contributed by atoms with Crippen molar-refractivity contribution in [1.82, 2.24) is 9.97 Å². The fraction of sp³-hybridized carbons (Fsp3) is 0.333. The highest BCUT2D eigenvalue weighted by atomic mass is 16.5. The molecule has 0 amide bonds. The van der Waals surface area contributed by atoms with Crippen molar-refractivity contribution in [2.45, 2.75) is 19.9 Å². The first-order valence-electron chi connectivity index (χ1n) is 6.72. The van der Waals surface area contributed by atoms with E-state index in [1.54, 1.807) is 0 Å². The number of aryl methyl sites for hydroxylation is 1. The molecule has 0 bridgehead atoms. The van der Waals surface area contributed by atoms with Gasteiger partial charge in [-0.05, 0) is 19.4 Å². The number of ether oxygens (including phenoxy) is 1.